The molecule has 0 aliphatic rings. The van der Waals surface area contributed by atoms with Gasteiger partial charge in [-0.15, -0.1) is 10.2 Å². The summed E-state index contributed by atoms with van der Waals surface area (Å²) in [5.74, 6) is 0.0935. The van der Waals surface area contributed by atoms with Crippen molar-refractivity contribution in [2.75, 3.05) is 18.9 Å². The molecule has 1 aromatic rings. The summed E-state index contributed by atoms with van der Waals surface area (Å²) in [6.45, 7) is 2.73. The Morgan fingerprint density at radius 3 is 2.90 bits per heavy atom. The number of nitrogens with zero attached hydrogens (tertiary/aromatic N) is 2. The number of ether oxygens (including phenoxy) is 1. The molecule has 1 heterocycles. The summed E-state index contributed by atoms with van der Waals surface area (Å²) in [4.78, 5) is 22.6. The molecule has 0 spiro atoms. The van der Waals surface area contributed by atoms with Crippen LogP contribution in [-0.4, -0.2) is 41.0 Å². The zero-order valence-electron chi connectivity index (χ0n) is 11.3. The Bertz CT molecular complexity index is 438. The Labute approximate surface area is 120 Å². The van der Waals surface area contributed by atoms with Gasteiger partial charge in [0.05, 0.1) is 18.9 Å². The van der Waals surface area contributed by atoms with Crippen LogP contribution in [-0.2, 0) is 20.9 Å². The second-order valence-electron chi connectivity index (χ2n) is 3.71. The summed E-state index contributed by atoms with van der Waals surface area (Å²) in [6, 6.07) is 0. The van der Waals surface area contributed by atoms with Crippen molar-refractivity contribution in [3.05, 3.63) is 5.89 Å². The monoisotopic (exact) mass is 302 g/mol. The molecule has 0 unspecified atom stereocenters. The second-order valence-corrected chi connectivity index (χ2v) is 4.64. The highest BCUT2D eigenvalue weighted by Crippen LogP contribution is 2.15. The molecule has 0 atom stereocenters. The second kappa shape index (κ2) is 9.32. The number of carbonyl (C=O) groups excluding carboxylic acids is 2. The van der Waals surface area contributed by atoms with Gasteiger partial charge in [0, 0.05) is 13.0 Å². The predicted octanol–water partition coefficient (Wildman–Crippen LogP) is 0.0799. The van der Waals surface area contributed by atoms with Crippen LogP contribution in [0.25, 0.3) is 0 Å². The number of amides is 1. The topological polar surface area (TPSA) is 120 Å². The van der Waals surface area contributed by atoms with Gasteiger partial charge >= 0.3 is 5.97 Å². The zero-order chi connectivity index (χ0) is 14.8. The lowest BCUT2D eigenvalue weighted by atomic mass is 10.3. The maximum Gasteiger partial charge on any atom is 0.305 e. The molecule has 0 fully saturated rings. The Hall–Kier alpha value is -1.61. The van der Waals surface area contributed by atoms with Crippen molar-refractivity contribution in [1.82, 2.24) is 15.5 Å². The zero-order valence-corrected chi connectivity index (χ0v) is 12.1. The molecular weight excluding hydrogens is 284 g/mol. The van der Waals surface area contributed by atoms with E-state index in [4.69, 9.17) is 14.9 Å². The van der Waals surface area contributed by atoms with Crippen LogP contribution in [0.15, 0.2) is 9.64 Å². The van der Waals surface area contributed by atoms with Crippen molar-refractivity contribution in [2.45, 2.75) is 31.5 Å². The Morgan fingerprint density at radius 1 is 1.45 bits per heavy atom. The van der Waals surface area contributed by atoms with Gasteiger partial charge in [-0.05, 0) is 13.3 Å². The summed E-state index contributed by atoms with van der Waals surface area (Å²) < 4.78 is 9.92. The quantitative estimate of drug-likeness (QED) is 0.374. The molecule has 112 valence electrons. The van der Waals surface area contributed by atoms with Crippen LogP contribution in [0.2, 0.25) is 0 Å². The Kier molecular flexibility index (Phi) is 7.66. The fourth-order valence-electron chi connectivity index (χ4n) is 1.25. The molecule has 1 rings (SSSR count). The van der Waals surface area contributed by atoms with E-state index in [1.54, 1.807) is 6.92 Å². The number of nitrogens with one attached hydrogen (secondary N) is 1. The Morgan fingerprint density at radius 2 is 2.25 bits per heavy atom. The van der Waals surface area contributed by atoms with Crippen LogP contribution >= 0.6 is 11.8 Å². The summed E-state index contributed by atoms with van der Waals surface area (Å²) in [5.41, 5.74) is 5.32. The smallest absolute Gasteiger partial charge is 0.305 e. The molecule has 3 N–H and O–H groups in total. The highest BCUT2D eigenvalue weighted by molar-refractivity contribution is 7.99. The number of esters is 1. The van der Waals surface area contributed by atoms with Crippen LogP contribution in [0.4, 0.5) is 0 Å². The summed E-state index contributed by atoms with van der Waals surface area (Å²) >= 11 is 1.14. The predicted molar refractivity (Wildman–Crippen MR) is 71.8 cm³/mol. The standard InChI is InChI=1S/C11H18N4O4S/c1-2-18-10(17)4-3-5-13-8(16)7-20-11-15-14-9(6-12)19-11/h2-7,12H2,1H3,(H,13,16). The third-order valence-electron chi connectivity index (χ3n) is 2.13. The fourth-order valence-corrected chi connectivity index (χ4v) is 1.86. The van der Waals surface area contributed by atoms with E-state index < -0.39 is 0 Å². The van der Waals surface area contributed by atoms with Gasteiger partial charge in [-0.2, -0.15) is 0 Å². The highest BCUT2D eigenvalue weighted by Gasteiger charge is 2.08. The van der Waals surface area contributed by atoms with Crippen molar-refractivity contribution in [3.8, 4) is 0 Å². The third kappa shape index (κ3) is 6.53. The largest absolute Gasteiger partial charge is 0.466 e. The number of thioether (sulfide) groups is 1. The molecule has 0 saturated carbocycles. The molecule has 0 radical (unpaired) electrons. The molecule has 0 bridgehead atoms. The van der Waals surface area contributed by atoms with E-state index in [1.165, 1.54) is 0 Å². The lowest BCUT2D eigenvalue weighted by molar-refractivity contribution is -0.143. The first kappa shape index (κ1) is 16.4. The first-order valence-corrected chi connectivity index (χ1v) is 7.21. The van der Waals surface area contributed by atoms with Gasteiger partial charge in [0.1, 0.15) is 0 Å². The average molecular weight is 302 g/mol. The maximum absolute atomic E-state index is 11.5. The van der Waals surface area contributed by atoms with E-state index >= 15 is 0 Å². The number of nitrogens with two attached hydrogens (primary N) is 1. The van der Waals surface area contributed by atoms with Gasteiger partial charge in [-0.3, -0.25) is 9.59 Å². The van der Waals surface area contributed by atoms with E-state index in [1.807, 2.05) is 0 Å². The molecule has 0 aliphatic carbocycles. The van der Waals surface area contributed by atoms with Crippen molar-refractivity contribution in [2.24, 2.45) is 5.73 Å². The van der Waals surface area contributed by atoms with Crippen LogP contribution in [0.5, 0.6) is 0 Å². The number of aromatic nitrogens is 2. The summed E-state index contributed by atoms with van der Waals surface area (Å²) in [5, 5.41) is 10.4. The molecule has 9 heteroatoms. The number of rotatable bonds is 9. The molecule has 0 aromatic carbocycles. The first-order valence-electron chi connectivity index (χ1n) is 6.23. The molecule has 1 aromatic heterocycles. The minimum atomic E-state index is -0.253. The molecular formula is C11H18N4O4S. The van der Waals surface area contributed by atoms with Gasteiger partial charge in [0.2, 0.25) is 11.8 Å². The van der Waals surface area contributed by atoms with E-state index in [-0.39, 0.29) is 24.2 Å². The van der Waals surface area contributed by atoms with E-state index in [0.717, 1.165) is 11.8 Å². The lowest BCUT2D eigenvalue weighted by Gasteiger charge is -2.04. The van der Waals surface area contributed by atoms with Gasteiger partial charge in [0.15, 0.2) is 0 Å². The van der Waals surface area contributed by atoms with Crippen molar-refractivity contribution >= 4 is 23.6 Å². The number of carbonyl (C=O) groups is 2. The minimum Gasteiger partial charge on any atom is -0.466 e. The Balaban J connectivity index is 2.10. The van der Waals surface area contributed by atoms with Crippen LogP contribution < -0.4 is 11.1 Å². The average Bonchev–Trinajstić information content (AvgIpc) is 2.90. The van der Waals surface area contributed by atoms with Gasteiger partial charge in [-0.1, -0.05) is 11.8 Å². The summed E-state index contributed by atoms with van der Waals surface area (Å²) in [7, 11) is 0. The first-order chi connectivity index (χ1) is 9.65. The normalized spacial score (nSPS) is 10.3. The van der Waals surface area contributed by atoms with Crippen LogP contribution in [0.3, 0.4) is 0 Å². The van der Waals surface area contributed by atoms with Crippen LogP contribution in [0.1, 0.15) is 25.7 Å². The number of hydrogen-bond acceptors (Lipinski definition) is 8. The molecule has 20 heavy (non-hydrogen) atoms. The van der Waals surface area contributed by atoms with Crippen molar-refractivity contribution in [3.63, 3.8) is 0 Å². The maximum atomic E-state index is 11.5. The van der Waals surface area contributed by atoms with E-state index in [0.29, 0.717) is 37.1 Å². The van der Waals surface area contributed by atoms with E-state index in [2.05, 4.69) is 15.5 Å². The van der Waals surface area contributed by atoms with E-state index in [9.17, 15) is 9.59 Å². The SMILES string of the molecule is CCOC(=O)CCCNC(=O)CSc1nnc(CN)o1. The van der Waals surface area contributed by atoms with Gasteiger partial charge in [0.25, 0.3) is 5.22 Å². The van der Waals surface area contributed by atoms with Gasteiger partial charge in [-0.25, -0.2) is 0 Å². The van der Waals surface area contributed by atoms with Crippen molar-refractivity contribution < 1.29 is 18.7 Å². The fraction of sp³-hybridized carbons (Fsp3) is 0.636. The van der Waals surface area contributed by atoms with Crippen LogP contribution in [0, 0.1) is 0 Å². The molecule has 0 saturated heterocycles. The minimum absolute atomic E-state index is 0.161. The third-order valence-corrected chi connectivity index (χ3v) is 2.95. The van der Waals surface area contributed by atoms with Crippen molar-refractivity contribution in [1.29, 1.82) is 0 Å². The highest BCUT2D eigenvalue weighted by atomic mass is 32.2. The van der Waals surface area contributed by atoms with Gasteiger partial charge < -0.3 is 20.2 Å². The molecule has 0 aliphatic heterocycles. The number of hydrogen-bond donors (Lipinski definition) is 2. The summed E-state index contributed by atoms with van der Waals surface area (Å²) in [6.07, 6.45) is 0.845. The molecule has 1 amide bonds. The lowest BCUT2D eigenvalue weighted by Crippen LogP contribution is -2.26. The molecule has 8 nitrogen and oxygen atoms in total.